The summed E-state index contributed by atoms with van der Waals surface area (Å²) in [7, 11) is 0. The maximum atomic E-state index is 13.7. The van der Waals surface area contributed by atoms with Crippen molar-refractivity contribution in [1.82, 2.24) is 4.90 Å². The average molecular weight is 474 g/mol. The van der Waals surface area contributed by atoms with Gasteiger partial charge in [0.25, 0.3) is 0 Å². The van der Waals surface area contributed by atoms with E-state index in [9.17, 15) is 4.79 Å². The third-order valence-electron chi connectivity index (χ3n) is 7.68. The van der Waals surface area contributed by atoms with Crippen LogP contribution in [0.3, 0.4) is 0 Å². The molecule has 0 saturated carbocycles. The molecule has 6 rings (SSSR count). The molecule has 0 aliphatic carbocycles. The molecule has 4 aromatic rings. The number of amides is 2. The molecule has 180 valence electrons. The molecule has 2 heterocycles. The van der Waals surface area contributed by atoms with Gasteiger partial charge in [0, 0.05) is 42.5 Å². The second-order valence-corrected chi connectivity index (χ2v) is 9.78. The molecule has 1 saturated heterocycles. The Labute approximate surface area is 213 Å². The van der Waals surface area contributed by atoms with Crippen LogP contribution >= 0.6 is 0 Å². The van der Waals surface area contributed by atoms with E-state index in [1.807, 2.05) is 65.6 Å². The Balaban J connectivity index is 1.32. The van der Waals surface area contributed by atoms with Crippen molar-refractivity contribution in [1.29, 1.82) is 0 Å². The van der Waals surface area contributed by atoms with Crippen LogP contribution in [0.2, 0.25) is 0 Å². The highest BCUT2D eigenvalue weighted by Crippen LogP contribution is 2.44. The molecule has 2 aliphatic rings. The molecular weight excluding hydrogens is 442 g/mol. The van der Waals surface area contributed by atoms with Crippen LogP contribution in [-0.4, -0.2) is 30.1 Å². The van der Waals surface area contributed by atoms with Crippen molar-refractivity contribution in [2.24, 2.45) is 0 Å². The summed E-state index contributed by atoms with van der Waals surface area (Å²) in [5.41, 5.74) is 5.95. The molecule has 1 N–H and O–H groups in total. The van der Waals surface area contributed by atoms with Gasteiger partial charge in [0.05, 0.1) is 0 Å². The smallest absolute Gasteiger partial charge is 0.308 e. The number of fused-ring (bicyclic) bond motifs is 3. The summed E-state index contributed by atoms with van der Waals surface area (Å²) in [5, 5.41) is 3.13. The lowest BCUT2D eigenvalue weighted by atomic mass is 9.77. The molecular formula is C32H31N3O. The molecule has 4 aromatic carbocycles. The van der Waals surface area contributed by atoms with E-state index in [0.29, 0.717) is 12.0 Å². The number of rotatable bonds is 4. The second-order valence-electron chi connectivity index (χ2n) is 9.78. The number of carbonyl (C=O) groups is 1. The number of piperidine rings is 1. The van der Waals surface area contributed by atoms with Gasteiger partial charge in [0.15, 0.2) is 0 Å². The van der Waals surface area contributed by atoms with Crippen LogP contribution in [0.5, 0.6) is 0 Å². The molecule has 0 radical (unpaired) electrons. The number of hydrogen-bond donors (Lipinski definition) is 1. The maximum Gasteiger partial charge on any atom is 0.326 e. The summed E-state index contributed by atoms with van der Waals surface area (Å²) in [6.45, 7) is 1.98. The van der Waals surface area contributed by atoms with Gasteiger partial charge < -0.3 is 5.32 Å². The molecule has 36 heavy (non-hydrogen) atoms. The first-order chi connectivity index (χ1) is 17.8. The molecule has 0 bridgehead atoms. The molecule has 1 fully saturated rings. The summed E-state index contributed by atoms with van der Waals surface area (Å²) in [5.74, 6) is 0.377. The van der Waals surface area contributed by atoms with Crippen molar-refractivity contribution in [3.63, 3.8) is 0 Å². The number of nitrogens with one attached hydrogen (secondary N) is 1. The number of benzene rings is 4. The monoisotopic (exact) mass is 473 g/mol. The molecule has 2 amide bonds. The minimum absolute atomic E-state index is 0.0721. The Morgan fingerprint density at radius 2 is 1.36 bits per heavy atom. The van der Waals surface area contributed by atoms with Crippen molar-refractivity contribution in [2.75, 3.05) is 23.3 Å². The summed E-state index contributed by atoms with van der Waals surface area (Å²) < 4.78 is 0. The highest BCUT2D eigenvalue weighted by Gasteiger charge is 2.40. The van der Waals surface area contributed by atoms with E-state index >= 15 is 0 Å². The molecule has 3 atom stereocenters. The molecule has 0 spiro atoms. The van der Waals surface area contributed by atoms with Gasteiger partial charge in [-0.1, -0.05) is 91.0 Å². The van der Waals surface area contributed by atoms with Gasteiger partial charge in [-0.05, 0) is 53.8 Å². The van der Waals surface area contributed by atoms with Crippen LogP contribution in [0.25, 0.3) is 0 Å². The number of carbonyl (C=O) groups excluding carboxylic acids is 1. The highest BCUT2D eigenvalue weighted by atomic mass is 16.2. The number of nitrogens with zero attached hydrogens (tertiary/aromatic N) is 2. The fourth-order valence-corrected chi connectivity index (χ4v) is 5.99. The second kappa shape index (κ2) is 10.00. The number of hydrogen-bond acceptors (Lipinski definition) is 2. The molecule has 0 aromatic heterocycles. The van der Waals surface area contributed by atoms with Crippen molar-refractivity contribution in [2.45, 2.75) is 30.8 Å². The predicted octanol–water partition coefficient (Wildman–Crippen LogP) is 7.08. The first-order valence-electron chi connectivity index (χ1n) is 12.9. The first kappa shape index (κ1) is 22.6. The summed E-state index contributed by atoms with van der Waals surface area (Å²) >= 11 is 0. The van der Waals surface area contributed by atoms with Crippen molar-refractivity contribution in [3.05, 3.63) is 132 Å². The number of para-hydroxylation sites is 2. The largest absolute Gasteiger partial charge is 0.326 e. The number of urea groups is 1. The zero-order valence-corrected chi connectivity index (χ0v) is 20.3. The SMILES string of the molecule is O=C(Nc1ccccc1)N(c1ccccc1)[C@H]1CCN2C[C@@H](c3ccccc3)c3ccccc3[C@@H]2C1. The standard InChI is InChI=1S/C32H31N3O/c36-32(33-25-14-6-2-7-15-25)35(26-16-8-3-9-17-26)27-20-21-34-23-30(24-12-4-1-5-13-24)28-18-10-11-19-29(28)31(34)22-27/h1-19,27,30-31H,20-23H2,(H,33,36)/t27-,30-,31-/m0/s1. The van der Waals surface area contributed by atoms with E-state index in [2.05, 4.69) is 64.8 Å². The Bertz CT molecular complexity index is 1310. The van der Waals surface area contributed by atoms with E-state index in [-0.39, 0.29) is 12.1 Å². The van der Waals surface area contributed by atoms with Gasteiger partial charge in [-0.3, -0.25) is 9.80 Å². The van der Waals surface area contributed by atoms with E-state index < -0.39 is 0 Å². The topological polar surface area (TPSA) is 35.6 Å². The quantitative estimate of drug-likeness (QED) is 0.344. The zero-order chi connectivity index (χ0) is 24.3. The zero-order valence-electron chi connectivity index (χ0n) is 20.3. The lowest BCUT2D eigenvalue weighted by molar-refractivity contribution is 0.117. The Kier molecular flexibility index (Phi) is 6.27. The highest BCUT2D eigenvalue weighted by molar-refractivity contribution is 6.02. The van der Waals surface area contributed by atoms with E-state index in [0.717, 1.165) is 37.3 Å². The van der Waals surface area contributed by atoms with Crippen LogP contribution in [0.1, 0.15) is 41.5 Å². The normalized spacial score (nSPS) is 21.2. The average Bonchev–Trinajstić information content (AvgIpc) is 2.94. The number of anilines is 2. The lowest BCUT2D eigenvalue weighted by Crippen LogP contribution is -2.52. The van der Waals surface area contributed by atoms with Gasteiger partial charge in [-0.2, -0.15) is 0 Å². The molecule has 0 unspecified atom stereocenters. The molecule has 2 aliphatic heterocycles. The third kappa shape index (κ3) is 4.40. The fraction of sp³-hybridized carbons (Fsp3) is 0.219. The van der Waals surface area contributed by atoms with Gasteiger partial charge in [-0.15, -0.1) is 0 Å². The van der Waals surface area contributed by atoms with E-state index in [4.69, 9.17) is 0 Å². The Hall–Kier alpha value is -3.89. The minimum atomic E-state index is -0.0721. The van der Waals surface area contributed by atoms with Crippen molar-refractivity contribution in [3.8, 4) is 0 Å². The predicted molar refractivity (Wildman–Crippen MR) is 146 cm³/mol. The van der Waals surface area contributed by atoms with Crippen LogP contribution in [0, 0.1) is 0 Å². The fourth-order valence-electron chi connectivity index (χ4n) is 5.99. The van der Waals surface area contributed by atoms with Crippen LogP contribution in [0.4, 0.5) is 16.2 Å². The minimum Gasteiger partial charge on any atom is -0.308 e. The van der Waals surface area contributed by atoms with Crippen molar-refractivity contribution < 1.29 is 4.79 Å². The van der Waals surface area contributed by atoms with E-state index in [1.165, 1.54) is 16.7 Å². The molecule has 4 nitrogen and oxygen atoms in total. The maximum absolute atomic E-state index is 13.7. The van der Waals surface area contributed by atoms with Crippen LogP contribution in [0.15, 0.2) is 115 Å². The summed E-state index contributed by atoms with van der Waals surface area (Å²) in [6, 6.07) is 39.9. The third-order valence-corrected chi connectivity index (χ3v) is 7.68. The van der Waals surface area contributed by atoms with Gasteiger partial charge in [0.1, 0.15) is 0 Å². The van der Waals surface area contributed by atoms with Crippen LogP contribution < -0.4 is 10.2 Å². The molecule has 4 heteroatoms. The van der Waals surface area contributed by atoms with Gasteiger partial charge in [-0.25, -0.2) is 4.79 Å². The Morgan fingerprint density at radius 1 is 0.750 bits per heavy atom. The Morgan fingerprint density at radius 3 is 2.08 bits per heavy atom. The summed E-state index contributed by atoms with van der Waals surface area (Å²) in [6.07, 6.45) is 1.85. The van der Waals surface area contributed by atoms with Crippen LogP contribution in [-0.2, 0) is 0 Å². The van der Waals surface area contributed by atoms with Gasteiger partial charge in [0.2, 0.25) is 0 Å². The first-order valence-corrected chi connectivity index (χ1v) is 12.9. The van der Waals surface area contributed by atoms with Gasteiger partial charge >= 0.3 is 6.03 Å². The lowest BCUT2D eigenvalue weighted by Gasteiger charge is -2.48. The summed E-state index contributed by atoms with van der Waals surface area (Å²) in [4.78, 5) is 18.3. The van der Waals surface area contributed by atoms with E-state index in [1.54, 1.807) is 0 Å². The van der Waals surface area contributed by atoms with Crippen molar-refractivity contribution >= 4 is 17.4 Å².